The van der Waals surface area contributed by atoms with Crippen LogP contribution in [0.15, 0.2) is 24.3 Å². The molecule has 3 rings (SSSR count). The summed E-state index contributed by atoms with van der Waals surface area (Å²) in [6.45, 7) is 1.71. The highest BCUT2D eigenvalue weighted by molar-refractivity contribution is 6.10. The summed E-state index contributed by atoms with van der Waals surface area (Å²) in [6, 6.07) is 6.90. The number of rotatable bonds is 3. The molecule has 1 saturated carbocycles. The van der Waals surface area contributed by atoms with Crippen molar-refractivity contribution in [1.82, 2.24) is 10.2 Å². The molecule has 1 saturated heterocycles. The minimum atomic E-state index is -0.778. The normalized spacial score (nSPS) is 19.8. The lowest BCUT2D eigenvalue weighted by atomic mass is 9.82. The molecular weight excluding hydrogens is 294 g/mol. The van der Waals surface area contributed by atoms with E-state index in [1.54, 1.807) is 12.1 Å². The molecule has 2 N–H and O–H groups in total. The number of hydrogen-bond acceptors (Lipinski definition) is 3. The summed E-state index contributed by atoms with van der Waals surface area (Å²) < 4.78 is 0. The van der Waals surface area contributed by atoms with Crippen molar-refractivity contribution < 1.29 is 14.4 Å². The number of nitrogens with zero attached hydrogens (tertiary/aromatic N) is 1. The van der Waals surface area contributed by atoms with Crippen molar-refractivity contribution in [2.24, 2.45) is 0 Å². The Balaban J connectivity index is 1.65. The topological polar surface area (TPSA) is 78.5 Å². The molecular formula is C17H21N3O3. The van der Waals surface area contributed by atoms with Crippen LogP contribution in [0.3, 0.4) is 0 Å². The van der Waals surface area contributed by atoms with Crippen molar-refractivity contribution in [2.75, 3.05) is 11.9 Å². The van der Waals surface area contributed by atoms with E-state index in [1.807, 2.05) is 19.1 Å². The maximum absolute atomic E-state index is 12.6. The van der Waals surface area contributed by atoms with Gasteiger partial charge in [0.25, 0.3) is 5.91 Å². The van der Waals surface area contributed by atoms with Gasteiger partial charge >= 0.3 is 6.03 Å². The molecule has 6 heteroatoms. The number of carbonyl (C=O) groups is 3. The second-order valence-corrected chi connectivity index (χ2v) is 6.38. The first-order chi connectivity index (χ1) is 11.0. The van der Waals surface area contributed by atoms with Crippen molar-refractivity contribution >= 4 is 23.5 Å². The second-order valence-electron chi connectivity index (χ2n) is 6.38. The molecule has 1 heterocycles. The number of imide groups is 1. The molecule has 1 aliphatic heterocycles. The smallest absolute Gasteiger partial charge is 0.325 e. The summed E-state index contributed by atoms with van der Waals surface area (Å²) in [4.78, 5) is 37.9. The maximum Gasteiger partial charge on any atom is 0.325 e. The zero-order chi connectivity index (χ0) is 16.4. The van der Waals surface area contributed by atoms with Gasteiger partial charge in [0.15, 0.2) is 0 Å². The third-order valence-corrected chi connectivity index (χ3v) is 4.59. The van der Waals surface area contributed by atoms with Crippen LogP contribution in [0.1, 0.15) is 37.7 Å². The van der Waals surface area contributed by atoms with Crippen molar-refractivity contribution in [3.8, 4) is 0 Å². The van der Waals surface area contributed by atoms with E-state index in [1.165, 1.54) is 0 Å². The van der Waals surface area contributed by atoms with Gasteiger partial charge in [-0.15, -0.1) is 0 Å². The lowest BCUT2D eigenvalue weighted by molar-refractivity contribution is -0.134. The maximum atomic E-state index is 12.6. The number of urea groups is 1. The van der Waals surface area contributed by atoms with Crippen LogP contribution >= 0.6 is 0 Å². The van der Waals surface area contributed by atoms with E-state index in [0.29, 0.717) is 18.5 Å². The number of amides is 4. The molecule has 6 nitrogen and oxygen atoms in total. The largest absolute Gasteiger partial charge is 0.325 e. The van der Waals surface area contributed by atoms with E-state index in [2.05, 4.69) is 10.6 Å². The van der Waals surface area contributed by atoms with E-state index >= 15 is 0 Å². The molecule has 0 unspecified atom stereocenters. The molecule has 0 bridgehead atoms. The molecule has 122 valence electrons. The van der Waals surface area contributed by atoms with Gasteiger partial charge < -0.3 is 10.6 Å². The van der Waals surface area contributed by atoms with Crippen LogP contribution in [0.4, 0.5) is 10.5 Å². The summed E-state index contributed by atoms with van der Waals surface area (Å²) in [7, 11) is 0. The minimum Gasteiger partial charge on any atom is -0.325 e. The van der Waals surface area contributed by atoms with Gasteiger partial charge in [-0.25, -0.2) is 4.79 Å². The fourth-order valence-electron chi connectivity index (χ4n) is 3.30. The minimum absolute atomic E-state index is 0.250. The molecule has 2 aliphatic rings. The first-order valence-electron chi connectivity index (χ1n) is 8.01. The van der Waals surface area contributed by atoms with Gasteiger partial charge in [-0.2, -0.15) is 0 Å². The number of anilines is 1. The van der Waals surface area contributed by atoms with E-state index < -0.39 is 11.6 Å². The van der Waals surface area contributed by atoms with Crippen LogP contribution in [-0.4, -0.2) is 34.8 Å². The van der Waals surface area contributed by atoms with Crippen molar-refractivity contribution in [3.05, 3.63) is 29.8 Å². The standard InChI is InChI=1S/C17H21N3O3/c1-12-5-7-13(8-6-12)18-14(21)11-20-15(22)17(19-16(20)23)9-3-2-4-10-17/h5-8H,2-4,9-11H2,1H3,(H,18,21)(H,19,23). The van der Waals surface area contributed by atoms with E-state index in [4.69, 9.17) is 0 Å². The Labute approximate surface area is 135 Å². The predicted molar refractivity (Wildman–Crippen MR) is 85.9 cm³/mol. The van der Waals surface area contributed by atoms with Crippen LogP contribution in [0, 0.1) is 6.92 Å². The SMILES string of the molecule is Cc1ccc(NC(=O)CN2C(=O)NC3(CCCCC3)C2=O)cc1. The van der Waals surface area contributed by atoms with Gasteiger partial charge in [0.1, 0.15) is 12.1 Å². The number of aryl methyl sites for hydroxylation is 1. The average molecular weight is 315 g/mol. The Hall–Kier alpha value is -2.37. The molecule has 0 radical (unpaired) electrons. The molecule has 0 atom stereocenters. The number of hydrogen-bond donors (Lipinski definition) is 2. The van der Waals surface area contributed by atoms with Crippen LogP contribution in [0.2, 0.25) is 0 Å². The van der Waals surface area contributed by atoms with Crippen LogP contribution in [-0.2, 0) is 9.59 Å². The summed E-state index contributed by atoms with van der Waals surface area (Å²) in [5, 5.41) is 5.52. The molecule has 0 aromatic heterocycles. The Kier molecular flexibility index (Phi) is 4.07. The molecule has 1 aliphatic carbocycles. The second kappa shape index (κ2) is 6.02. The Bertz CT molecular complexity index is 633. The molecule has 4 amide bonds. The summed E-state index contributed by atoms with van der Waals surface area (Å²) in [6.07, 6.45) is 4.25. The van der Waals surface area contributed by atoms with Crippen molar-refractivity contribution in [3.63, 3.8) is 0 Å². The molecule has 1 aromatic rings. The van der Waals surface area contributed by atoms with Crippen molar-refractivity contribution in [2.45, 2.75) is 44.6 Å². The number of benzene rings is 1. The van der Waals surface area contributed by atoms with Crippen LogP contribution in [0.5, 0.6) is 0 Å². The highest BCUT2D eigenvalue weighted by Gasteiger charge is 2.51. The van der Waals surface area contributed by atoms with Gasteiger partial charge in [0.2, 0.25) is 5.91 Å². The fraction of sp³-hybridized carbons (Fsp3) is 0.471. The zero-order valence-electron chi connectivity index (χ0n) is 13.2. The van der Waals surface area contributed by atoms with Gasteiger partial charge in [-0.05, 0) is 31.9 Å². The first kappa shape index (κ1) is 15.5. The first-order valence-corrected chi connectivity index (χ1v) is 8.01. The van der Waals surface area contributed by atoms with Crippen molar-refractivity contribution in [1.29, 1.82) is 0 Å². The van der Waals surface area contributed by atoms with E-state index in [-0.39, 0.29) is 18.4 Å². The zero-order valence-corrected chi connectivity index (χ0v) is 13.2. The van der Waals surface area contributed by atoms with E-state index in [9.17, 15) is 14.4 Å². The Morgan fingerprint density at radius 3 is 2.48 bits per heavy atom. The summed E-state index contributed by atoms with van der Waals surface area (Å²) in [5.74, 6) is -0.633. The Morgan fingerprint density at radius 2 is 1.83 bits per heavy atom. The molecule has 2 fully saturated rings. The Morgan fingerprint density at radius 1 is 1.17 bits per heavy atom. The van der Waals surface area contributed by atoms with Crippen LogP contribution < -0.4 is 10.6 Å². The number of carbonyl (C=O) groups excluding carboxylic acids is 3. The highest BCUT2D eigenvalue weighted by atomic mass is 16.2. The quantitative estimate of drug-likeness (QED) is 0.839. The predicted octanol–water partition coefficient (Wildman–Crippen LogP) is 2.19. The van der Waals surface area contributed by atoms with Crippen LogP contribution in [0.25, 0.3) is 0 Å². The third-order valence-electron chi connectivity index (χ3n) is 4.59. The van der Waals surface area contributed by atoms with Gasteiger partial charge in [-0.1, -0.05) is 37.0 Å². The fourth-order valence-corrected chi connectivity index (χ4v) is 3.30. The summed E-state index contributed by atoms with van der Waals surface area (Å²) >= 11 is 0. The van der Waals surface area contributed by atoms with E-state index in [0.717, 1.165) is 29.7 Å². The lowest BCUT2D eigenvalue weighted by Gasteiger charge is -2.30. The average Bonchev–Trinajstić information content (AvgIpc) is 2.75. The van der Waals surface area contributed by atoms with Gasteiger partial charge in [-0.3, -0.25) is 14.5 Å². The lowest BCUT2D eigenvalue weighted by Crippen LogP contribution is -2.48. The summed E-state index contributed by atoms with van der Waals surface area (Å²) in [5.41, 5.74) is 0.968. The molecule has 1 aromatic carbocycles. The highest BCUT2D eigenvalue weighted by Crippen LogP contribution is 2.33. The molecule has 23 heavy (non-hydrogen) atoms. The van der Waals surface area contributed by atoms with Gasteiger partial charge in [0.05, 0.1) is 0 Å². The monoisotopic (exact) mass is 315 g/mol. The number of nitrogens with one attached hydrogen (secondary N) is 2. The molecule has 1 spiro atoms. The third kappa shape index (κ3) is 3.06. The van der Waals surface area contributed by atoms with Gasteiger partial charge in [0, 0.05) is 5.69 Å².